The zero-order valence-electron chi connectivity index (χ0n) is 30.5. The number of hydrogen-bond acceptors (Lipinski definition) is 22. The van der Waals surface area contributed by atoms with Crippen LogP contribution in [-0.2, 0) is 69.1 Å². The van der Waals surface area contributed by atoms with Gasteiger partial charge in [0.15, 0.2) is 19.7 Å². The van der Waals surface area contributed by atoms with E-state index in [9.17, 15) is 59.6 Å². The van der Waals surface area contributed by atoms with Crippen LogP contribution in [0.3, 0.4) is 0 Å². The van der Waals surface area contributed by atoms with Crippen molar-refractivity contribution in [3.8, 4) is 0 Å². The van der Waals surface area contributed by atoms with E-state index >= 15 is 0 Å². The Balaban J connectivity index is 1.78. The maximum atomic E-state index is 12.6. The third kappa shape index (κ3) is 13.6. The molecule has 0 radical (unpaired) electrons. The Hall–Kier alpha value is -5.26. The van der Waals surface area contributed by atoms with E-state index < -0.39 is 118 Å². The first-order valence-corrected chi connectivity index (χ1v) is 24.8. The molecule has 0 heterocycles. The van der Waals surface area contributed by atoms with Crippen LogP contribution < -0.4 is 11.5 Å². The predicted octanol–water partition coefficient (Wildman–Crippen LogP) is 4.09. The van der Waals surface area contributed by atoms with Gasteiger partial charge in [-0.25, -0.2) is 25.2 Å². The van der Waals surface area contributed by atoms with Gasteiger partial charge in [-0.05, 0) is 79.2 Å². The van der Waals surface area contributed by atoms with Gasteiger partial charge in [0.1, 0.15) is 27.6 Å². The van der Waals surface area contributed by atoms with Gasteiger partial charge in [-0.1, -0.05) is 0 Å². The molecule has 330 valence electrons. The molecule has 0 saturated carbocycles. The van der Waals surface area contributed by atoms with Crippen LogP contribution >= 0.6 is 0 Å². The number of anilines is 2. The van der Waals surface area contributed by atoms with E-state index in [1.165, 1.54) is 24.3 Å². The lowest BCUT2D eigenvalue weighted by Gasteiger charge is -2.10. The molecule has 0 unspecified atom stereocenters. The SMILES string of the molecule is Cc1cc(S(=O)(=O)O)c(/N=N/c2cc(/N=N/c3ccc(S(=O)(=O)CCOS(=O)(=O)O)cc3)c(N)c(/N=N/c3ccc(S(=O)(=O)CCOS(=O)(=O)O)cc3)c2N)cc1S(=O)(=O)O. The second-order valence-electron chi connectivity index (χ2n) is 11.9. The number of nitrogens with zero attached hydrogens (tertiary/aromatic N) is 6. The molecule has 4 aromatic carbocycles. The average Bonchev–Trinajstić information content (AvgIpc) is 3.12. The summed E-state index contributed by atoms with van der Waals surface area (Å²) in [5.74, 6) is -1.66. The van der Waals surface area contributed by atoms with Gasteiger partial charge in [0.25, 0.3) is 20.2 Å². The Bertz CT molecular complexity index is 3130. The van der Waals surface area contributed by atoms with Crippen LogP contribution in [0.15, 0.2) is 117 Å². The normalized spacial score (nSPS) is 13.5. The highest BCUT2D eigenvalue weighted by molar-refractivity contribution is 7.91. The van der Waals surface area contributed by atoms with Gasteiger partial charge < -0.3 is 11.5 Å². The van der Waals surface area contributed by atoms with Crippen molar-refractivity contribution in [3.63, 3.8) is 0 Å². The average molecular weight is 971 g/mol. The number of rotatable bonds is 18. The summed E-state index contributed by atoms with van der Waals surface area (Å²) in [7, 11) is -28.0. The van der Waals surface area contributed by atoms with Crippen molar-refractivity contribution >= 4 is 106 Å². The third-order valence-corrected chi connectivity index (χ3v) is 13.7. The van der Waals surface area contributed by atoms with Gasteiger partial charge in [-0.2, -0.15) is 43.9 Å². The van der Waals surface area contributed by atoms with E-state index in [2.05, 4.69) is 39.1 Å². The molecule has 0 bridgehead atoms. The molecule has 61 heavy (non-hydrogen) atoms. The zero-order chi connectivity index (χ0) is 45.8. The number of nitrogens with two attached hydrogens (primary N) is 2. The third-order valence-electron chi connectivity index (χ3n) is 7.51. The monoisotopic (exact) mass is 970 g/mol. The van der Waals surface area contributed by atoms with E-state index in [4.69, 9.17) is 20.6 Å². The Morgan fingerprint density at radius 2 is 0.869 bits per heavy atom. The lowest BCUT2D eigenvalue weighted by Crippen LogP contribution is -2.15. The summed E-state index contributed by atoms with van der Waals surface area (Å²) < 4.78 is 186. The molecular weight excluding hydrogens is 941 g/mol. The van der Waals surface area contributed by atoms with E-state index in [-0.39, 0.29) is 38.1 Å². The van der Waals surface area contributed by atoms with Gasteiger partial charge in [-0.15, -0.1) is 20.5 Å². The molecule has 0 spiro atoms. The van der Waals surface area contributed by atoms with Gasteiger partial charge >= 0.3 is 20.8 Å². The van der Waals surface area contributed by atoms with Gasteiger partial charge in [0.2, 0.25) is 0 Å². The molecule has 8 N–H and O–H groups in total. The summed E-state index contributed by atoms with van der Waals surface area (Å²) in [6.45, 7) is -0.649. The minimum atomic E-state index is -5.09. The second-order valence-corrected chi connectivity index (χ2v) is 21.0. The number of nitrogen functional groups attached to an aromatic ring is 2. The van der Waals surface area contributed by atoms with Crippen LogP contribution in [-0.4, -0.2) is 93.4 Å². The van der Waals surface area contributed by atoms with Crippen LogP contribution in [0.2, 0.25) is 0 Å². The van der Waals surface area contributed by atoms with E-state index in [1.807, 2.05) is 0 Å². The van der Waals surface area contributed by atoms with Crippen molar-refractivity contribution in [1.82, 2.24) is 0 Å². The summed E-state index contributed by atoms with van der Waals surface area (Å²) in [5.41, 5.74) is 9.63. The summed E-state index contributed by atoms with van der Waals surface area (Å²) in [4.78, 5) is -2.32. The van der Waals surface area contributed by atoms with Crippen LogP contribution in [0, 0.1) is 6.92 Å². The summed E-state index contributed by atoms with van der Waals surface area (Å²) in [6, 6.07) is 11.4. The molecule has 0 amide bonds. The maximum Gasteiger partial charge on any atom is 0.397 e. The largest absolute Gasteiger partial charge is 0.397 e. The Morgan fingerprint density at radius 1 is 0.492 bits per heavy atom. The number of sulfone groups is 2. The molecule has 0 aromatic heterocycles. The quantitative estimate of drug-likeness (QED) is 0.0464. The fraction of sp³-hybridized carbons (Fsp3) is 0.172. The minimum absolute atomic E-state index is 0.00509. The Morgan fingerprint density at radius 3 is 1.26 bits per heavy atom. The molecule has 0 saturated heterocycles. The molecule has 0 fully saturated rings. The van der Waals surface area contributed by atoms with Crippen LogP contribution in [0.5, 0.6) is 0 Å². The molecule has 0 atom stereocenters. The van der Waals surface area contributed by atoms with E-state index in [0.29, 0.717) is 12.1 Å². The second kappa shape index (κ2) is 18.4. The highest BCUT2D eigenvalue weighted by Crippen LogP contribution is 2.46. The van der Waals surface area contributed by atoms with E-state index in [1.54, 1.807) is 0 Å². The summed E-state index contributed by atoms with van der Waals surface area (Å²) >= 11 is 0. The number of benzene rings is 4. The number of aryl methyl sites for hydroxylation is 1. The van der Waals surface area contributed by atoms with Crippen molar-refractivity contribution < 1.29 is 77.1 Å². The van der Waals surface area contributed by atoms with Gasteiger partial charge in [0, 0.05) is 0 Å². The fourth-order valence-electron chi connectivity index (χ4n) is 4.66. The molecule has 4 aromatic rings. The maximum absolute atomic E-state index is 12.6. The van der Waals surface area contributed by atoms with Crippen molar-refractivity contribution in [3.05, 3.63) is 72.3 Å². The smallest absolute Gasteiger partial charge is 0.395 e. The molecule has 4 rings (SSSR count). The van der Waals surface area contributed by atoms with Gasteiger partial charge in [-0.3, -0.25) is 18.2 Å². The number of hydrogen-bond donors (Lipinski definition) is 6. The van der Waals surface area contributed by atoms with Gasteiger partial charge in [0.05, 0.1) is 62.2 Å². The first kappa shape index (κ1) is 48.4. The summed E-state index contributed by atoms with van der Waals surface area (Å²) in [5, 5.41) is 23.5. The molecule has 0 aliphatic heterocycles. The zero-order valence-corrected chi connectivity index (χ0v) is 35.4. The van der Waals surface area contributed by atoms with E-state index in [0.717, 1.165) is 37.3 Å². The van der Waals surface area contributed by atoms with Crippen LogP contribution in [0.4, 0.5) is 45.5 Å². The highest BCUT2D eigenvalue weighted by Gasteiger charge is 2.24. The topological polar surface area (TPSA) is 430 Å². The summed E-state index contributed by atoms with van der Waals surface area (Å²) in [6.07, 6.45) is 0. The van der Waals surface area contributed by atoms with Crippen molar-refractivity contribution in [2.24, 2.45) is 30.7 Å². The highest BCUT2D eigenvalue weighted by atomic mass is 32.3. The number of azo groups is 3. The molecule has 32 heteroatoms. The van der Waals surface area contributed by atoms with Crippen LogP contribution in [0.25, 0.3) is 0 Å². The lowest BCUT2D eigenvalue weighted by molar-refractivity contribution is 0.282. The minimum Gasteiger partial charge on any atom is -0.395 e. The molecular formula is C29H30N8O18S6. The van der Waals surface area contributed by atoms with Crippen molar-refractivity contribution in [2.75, 3.05) is 36.2 Å². The van der Waals surface area contributed by atoms with Crippen molar-refractivity contribution in [2.45, 2.75) is 26.5 Å². The molecule has 0 aliphatic carbocycles. The fourth-order valence-corrected chi connectivity index (χ4v) is 9.05. The van der Waals surface area contributed by atoms with Crippen molar-refractivity contribution in [1.29, 1.82) is 0 Å². The Labute approximate surface area is 347 Å². The van der Waals surface area contributed by atoms with Crippen LogP contribution in [0.1, 0.15) is 5.56 Å². The molecule has 26 nitrogen and oxygen atoms in total. The standard InChI is InChI=1S/C29H30N8O18S6/c1-17-14-26(59(45,46)47)22(16-25(17)58(42,43)44)34-36-24-15-23(35-32-18-2-6-20(7-3-18)56(38,39)12-10-54-60(48,49)50)27(30)29(28(24)31)37-33-19-4-8-21(9-5-19)57(40,41)13-11-55-61(51,52)53/h2-9,14-16H,10-13,30-31H2,1H3,(H,42,43,44)(H,45,46,47)(H,48,49,50)(H,51,52,53)/b35-32+,36-34+,37-33+. The molecule has 0 aliphatic rings. The predicted molar refractivity (Wildman–Crippen MR) is 211 cm³/mol. The first-order valence-electron chi connectivity index (χ1n) is 15.9. The Kier molecular flexibility index (Phi) is 14.6. The lowest BCUT2D eigenvalue weighted by atomic mass is 10.1. The first-order chi connectivity index (χ1) is 28.0.